The van der Waals surface area contributed by atoms with E-state index in [9.17, 15) is 19.5 Å². The number of nitrogens with zero attached hydrogens (tertiary/aromatic N) is 2. The van der Waals surface area contributed by atoms with Crippen LogP contribution in [-0.2, 0) is 16.0 Å². The van der Waals surface area contributed by atoms with E-state index in [1.807, 2.05) is 42.7 Å². The predicted molar refractivity (Wildman–Crippen MR) is 153 cm³/mol. The van der Waals surface area contributed by atoms with Gasteiger partial charge in [-0.25, -0.2) is 4.98 Å². The van der Waals surface area contributed by atoms with Crippen molar-refractivity contribution >= 4 is 45.1 Å². The van der Waals surface area contributed by atoms with Gasteiger partial charge >= 0.3 is 5.96 Å². The number of amides is 2. The number of fused-ring (bicyclic) bond motifs is 1. The van der Waals surface area contributed by atoms with Crippen molar-refractivity contribution in [2.24, 2.45) is 11.5 Å². The number of hydrogen-bond donors (Lipinski definition) is 6. The average Bonchev–Trinajstić information content (AvgIpc) is 3.60. The van der Waals surface area contributed by atoms with Crippen LogP contribution in [0.25, 0.3) is 10.2 Å². The van der Waals surface area contributed by atoms with E-state index in [2.05, 4.69) is 15.3 Å². The van der Waals surface area contributed by atoms with E-state index in [0.717, 1.165) is 16.9 Å². The van der Waals surface area contributed by atoms with Crippen molar-refractivity contribution in [3.8, 4) is 5.75 Å². The molecule has 1 saturated heterocycles. The highest BCUT2D eigenvalue weighted by Gasteiger charge is 2.39. The molecule has 12 heteroatoms. The number of ketones is 1. The number of carbonyl (C=O) groups excluding carboxylic acids is 3. The summed E-state index contributed by atoms with van der Waals surface area (Å²) in [6, 6.07) is 12.7. The number of guanidine groups is 1. The van der Waals surface area contributed by atoms with Crippen LogP contribution in [0.2, 0.25) is 0 Å². The van der Waals surface area contributed by atoms with E-state index in [0.29, 0.717) is 55.4 Å². The van der Waals surface area contributed by atoms with E-state index in [1.165, 1.54) is 6.07 Å². The predicted octanol–water partition coefficient (Wildman–Crippen LogP) is -1.40. The van der Waals surface area contributed by atoms with Gasteiger partial charge in [0, 0.05) is 13.0 Å². The van der Waals surface area contributed by atoms with Gasteiger partial charge in [0.15, 0.2) is 11.0 Å². The van der Waals surface area contributed by atoms with E-state index in [4.69, 9.17) is 11.5 Å². The second-order valence-corrected chi connectivity index (χ2v) is 11.0. The number of aromatic nitrogens is 1. The Balaban J connectivity index is 1.49. The number of carbonyl (C=O) groups is 3. The van der Waals surface area contributed by atoms with Crippen LogP contribution in [0.1, 0.15) is 41.0 Å². The van der Waals surface area contributed by atoms with Crippen molar-refractivity contribution in [2.45, 2.75) is 50.2 Å². The van der Waals surface area contributed by atoms with Crippen LogP contribution in [0.15, 0.2) is 48.5 Å². The Bertz CT molecular complexity index is 1370. The molecule has 1 fully saturated rings. The summed E-state index contributed by atoms with van der Waals surface area (Å²) in [4.78, 5) is 49.5. The lowest BCUT2D eigenvalue weighted by molar-refractivity contribution is -0.650. The maximum Gasteiger partial charge on any atom is 0.338 e. The van der Waals surface area contributed by atoms with Crippen molar-refractivity contribution in [1.82, 2.24) is 15.2 Å². The number of Topliss-reactive ketones (excluding diaryl/α,β-unsaturated/α-hetero) is 1. The molecule has 4 rings (SSSR count). The number of rotatable bonds is 12. The summed E-state index contributed by atoms with van der Waals surface area (Å²) in [6.07, 6.45) is 2.63. The van der Waals surface area contributed by atoms with Crippen molar-refractivity contribution in [3.05, 3.63) is 59.1 Å². The fourth-order valence-corrected chi connectivity index (χ4v) is 5.97. The van der Waals surface area contributed by atoms with Gasteiger partial charge in [-0.2, -0.15) is 0 Å². The number of nitrogens with two attached hydrogens (primary N) is 3. The molecular formula is C28H37N7O4S+2. The summed E-state index contributed by atoms with van der Waals surface area (Å²) >= 11 is 1.16. The molecule has 0 spiro atoms. The average molecular weight is 568 g/mol. The lowest BCUT2D eigenvalue weighted by Gasteiger charge is -2.28. The van der Waals surface area contributed by atoms with Crippen molar-refractivity contribution in [2.75, 3.05) is 20.1 Å². The molecule has 9 N–H and O–H groups in total. The van der Waals surface area contributed by atoms with Gasteiger partial charge < -0.3 is 20.6 Å². The first-order valence-electron chi connectivity index (χ1n) is 13.5. The molecule has 0 saturated carbocycles. The van der Waals surface area contributed by atoms with E-state index < -0.39 is 12.1 Å². The zero-order valence-electron chi connectivity index (χ0n) is 22.5. The molecule has 2 aromatic carbocycles. The molecule has 3 unspecified atom stereocenters. The van der Waals surface area contributed by atoms with E-state index >= 15 is 0 Å². The molecule has 212 valence electrons. The molecule has 11 nitrogen and oxygen atoms in total. The molecule has 0 bridgehead atoms. The molecule has 1 aliphatic rings. The van der Waals surface area contributed by atoms with Gasteiger partial charge in [-0.1, -0.05) is 30.3 Å². The van der Waals surface area contributed by atoms with Gasteiger partial charge in [-0.3, -0.25) is 30.8 Å². The molecule has 3 aromatic rings. The number of likely N-dealkylation sites (N-methyl/N-ethyl adjacent to an activating group) is 1. The van der Waals surface area contributed by atoms with Crippen LogP contribution >= 0.6 is 11.3 Å². The summed E-state index contributed by atoms with van der Waals surface area (Å²) < 4.78 is 0.674. The third-order valence-corrected chi connectivity index (χ3v) is 8.10. The van der Waals surface area contributed by atoms with Crippen molar-refractivity contribution in [3.63, 3.8) is 0 Å². The molecule has 0 radical (unpaired) electrons. The van der Waals surface area contributed by atoms with Crippen LogP contribution in [-0.4, -0.2) is 76.8 Å². The Morgan fingerprint density at radius 1 is 1.23 bits per heavy atom. The third kappa shape index (κ3) is 7.13. The minimum Gasteiger partial charge on any atom is -0.508 e. The molecule has 40 heavy (non-hydrogen) atoms. The molecule has 1 aliphatic heterocycles. The third-order valence-electron chi connectivity index (χ3n) is 7.07. The summed E-state index contributed by atoms with van der Waals surface area (Å²) in [5.41, 5.74) is 12.6. The van der Waals surface area contributed by atoms with Gasteiger partial charge in [0.1, 0.15) is 11.8 Å². The summed E-state index contributed by atoms with van der Waals surface area (Å²) in [5, 5.41) is 14.8. The standard InChI is InChI=1S/C28H35N7O4S/c1-31-21(15-17-7-3-2-4-8-17)27(39)35-14-6-10-22(35)25(38)33-20(9-5-13-32-28(29)30)24(37)26-34-19-12-11-18(36)16-23(19)40-26/h2-4,7-8,11-12,16,20-22,31,36H,5-6,9-10,13-15H2,1H3,(H,33,38)(H4,29,30,32)/p+2. The van der Waals surface area contributed by atoms with Gasteiger partial charge in [0.25, 0.3) is 5.91 Å². The van der Waals surface area contributed by atoms with Gasteiger partial charge in [0.05, 0.1) is 29.9 Å². The number of aromatic hydroxyl groups is 1. The Kier molecular flexibility index (Phi) is 9.67. The second-order valence-electron chi connectivity index (χ2n) is 9.94. The number of likely N-dealkylation sites (tertiary alicyclic amines) is 1. The van der Waals surface area contributed by atoms with Crippen LogP contribution in [0.3, 0.4) is 0 Å². The summed E-state index contributed by atoms with van der Waals surface area (Å²) in [7, 11) is 1.86. The fourth-order valence-electron chi connectivity index (χ4n) is 4.98. The lowest BCUT2D eigenvalue weighted by Crippen LogP contribution is -2.90. The number of quaternary nitrogens is 1. The molecule has 1 aromatic heterocycles. The maximum absolute atomic E-state index is 13.6. The Hall–Kier alpha value is -4.03. The van der Waals surface area contributed by atoms with Crippen molar-refractivity contribution in [1.29, 1.82) is 0 Å². The molecule has 3 atom stereocenters. The number of phenols is 1. The quantitative estimate of drug-likeness (QED) is 0.0673. The summed E-state index contributed by atoms with van der Waals surface area (Å²) in [5.74, 6) is -0.594. The normalized spacial score (nSPS) is 16.4. The van der Waals surface area contributed by atoms with Crippen LogP contribution in [0, 0.1) is 0 Å². The van der Waals surface area contributed by atoms with Crippen LogP contribution in [0.5, 0.6) is 5.75 Å². The SMILES string of the molecule is C[NH2+]C(Cc1ccccc1)C(=O)N1CCCC1C(=O)NC(CCC[NH+]=C(N)N)C(=O)c1nc2ccc(O)cc2s1. The molecule has 0 aliphatic carbocycles. The number of phenolic OH excluding ortho intramolecular Hbond substituents is 1. The molecular weight excluding hydrogens is 530 g/mol. The van der Waals surface area contributed by atoms with Crippen LogP contribution < -0.4 is 27.1 Å². The number of hydrogen-bond acceptors (Lipinski definition) is 6. The highest BCUT2D eigenvalue weighted by atomic mass is 32.1. The maximum atomic E-state index is 13.6. The van der Waals surface area contributed by atoms with Crippen molar-refractivity contribution < 1.29 is 29.8 Å². The zero-order chi connectivity index (χ0) is 28.6. The number of thiazole rings is 1. The first-order valence-corrected chi connectivity index (χ1v) is 14.3. The minimum absolute atomic E-state index is 0.0794. The zero-order valence-corrected chi connectivity index (χ0v) is 23.3. The highest BCUT2D eigenvalue weighted by Crippen LogP contribution is 2.27. The number of benzene rings is 2. The second kappa shape index (κ2) is 13.4. The largest absolute Gasteiger partial charge is 0.508 e. The van der Waals surface area contributed by atoms with Gasteiger partial charge in [-0.05, 0) is 49.4 Å². The van der Waals surface area contributed by atoms with Crippen LogP contribution in [0.4, 0.5) is 0 Å². The highest BCUT2D eigenvalue weighted by molar-refractivity contribution is 7.20. The first-order chi connectivity index (χ1) is 19.3. The fraction of sp³-hybridized carbons (Fsp3) is 0.393. The van der Waals surface area contributed by atoms with E-state index in [-0.39, 0.29) is 40.4 Å². The number of nitrogens with one attached hydrogen (secondary N) is 2. The van der Waals surface area contributed by atoms with E-state index in [1.54, 1.807) is 17.0 Å². The molecule has 2 heterocycles. The monoisotopic (exact) mass is 567 g/mol. The summed E-state index contributed by atoms with van der Waals surface area (Å²) in [6.45, 7) is 0.919. The Morgan fingerprint density at radius 3 is 2.73 bits per heavy atom. The molecule has 2 amide bonds. The minimum atomic E-state index is -0.849. The Morgan fingerprint density at radius 2 is 2.00 bits per heavy atom. The Labute approximate surface area is 236 Å². The topological polar surface area (TPSA) is 182 Å². The van der Waals surface area contributed by atoms with Gasteiger partial charge in [-0.15, -0.1) is 11.3 Å². The van der Waals surface area contributed by atoms with Gasteiger partial charge in [0.2, 0.25) is 11.7 Å². The first kappa shape index (κ1) is 29.0. The lowest BCUT2D eigenvalue weighted by atomic mass is 10.0. The smallest absolute Gasteiger partial charge is 0.338 e.